The van der Waals surface area contributed by atoms with Crippen LogP contribution in [0.15, 0.2) is 200 Å². The van der Waals surface area contributed by atoms with Gasteiger partial charge in [-0.3, -0.25) is 0 Å². The van der Waals surface area contributed by atoms with Crippen LogP contribution in [0.2, 0.25) is 0 Å². The van der Waals surface area contributed by atoms with Crippen molar-refractivity contribution < 1.29 is 0 Å². The molecule has 0 aliphatic carbocycles. The van der Waals surface area contributed by atoms with E-state index in [1.807, 2.05) is 19.1 Å². The van der Waals surface area contributed by atoms with E-state index < -0.39 is 0 Å². The molecule has 0 aliphatic heterocycles. The lowest BCUT2D eigenvalue weighted by molar-refractivity contribution is 1.12. The molecule has 336 valence electrons. The lowest BCUT2D eigenvalue weighted by Gasteiger charge is -2.19. The summed E-state index contributed by atoms with van der Waals surface area (Å²) in [4.78, 5) is 0. The number of aryl methyl sites for hydroxylation is 5. The van der Waals surface area contributed by atoms with Crippen LogP contribution in [0.3, 0.4) is 0 Å². The predicted octanol–water partition coefficient (Wildman–Crippen LogP) is 17.5. The lowest BCUT2D eigenvalue weighted by atomic mass is 9.96. The first kappa shape index (κ1) is 43.1. The van der Waals surface area contributed by atoms with E-state index in [4.69, 9.17) is 0 Å². The minimum absolute atomic E-state index is 0.532. The molecule has 0 radical (unpaired) electrons. The molecule has 4 nitrogen and oxygen atoms in total. The van der Waals surface area contributed by atoms with Gasteiger partial charge >= 0.3 is 0 Å². The molecule has 0 aliphatic rings. The Morgan fingerprint density at radius 2 is 0.634 bits per heavy atom. The highest BCUT2D eigenvalue weighted by Crippen LogP contribution is 2.44. The average molecular weight is 909 g/mol. The molecule has 12 rings (SSSR count). The summed E-state index contributed by atoms with van der Waals surface area (Å²) in [6.07, 6.45) is 0. The summed E-state index contributed by atoms with van der Waals surface area (Å²) in [5.74, 6) is 0. The Morgan fingerprint density at radius 3 is 0.944 bits per heavy atom. The van der Waals surface area contributed by atoms with Gasteiger partial charge in [0.2, 0.25) is 0 Å². The van der Waals surface area contributed by atoms with Crippen LogP contribution in [-0.4, -0.2) is 9.13 Å². The van der Waals surface area contributed by atoms with Crippen molar-refractivity contribution in [3.05, 3.63) is 239 Å². The van der Waals surface area contributed by atoms with Gasteiger partial charge in [-0.2, -0.15) is 10.5 Å². The van der Waals surface area contributed by atoms with Crippen LogP contribution in [0.25, 0.3) is 111 Å². The fourth-order valence-electron chi connectivity index (χ4n) is 11.1. The highest BCUT2D eigenvalue weighted by atomic mass is 15.0. The summed E-state index contributed by atoms with van der Waals surface area (Å²) in [5, 5.41) is 26.8. The normalized spacial score (nSPS) is 11.4. The van der Waals surface area contributed by atoms with Crippen molar-refractivity contribution in [1.82, 2.24) is 9.13 Å². The quantitative estimate of drug-likeness (QED) is 0.160. The highest BCUT2D eigenvalue weighted by molar-refractivity contribution is 6.13. The third kappa shape index (κ3) is 7.20. The van der Waals surface area contributed by atoms with Crippen LogP contribution in [0, 0.1) is 57.3 Å². The average Bonchev–Trinajstić information content (AvgIpc) is 3.89. The van der Waals surface area contributed by atoms with Gasteiger partial charge in [0, 0.05) is 21.5 Å². The second-order valence-electron chi connectivity index (χ2n) is 19.1. The van der Waals surface area contributed by atoms with Crippen molar-refractivity contribution in [2.24, 2.45) is 0 Å². The standard InChI is InChI=1S/C67H48N4/c1-41-30-46(39-68)32-51(31-41)52-37-66(70-62-33-47(53-18-10-6-14-42(53)2)22-26-57(62)58-27-23-48(34-63(58)70)54-19-11-7-15-43(54)3)61(40-69)67(38-52)71-64-35-49(55-20-12-8-16-44(55)4)24-28-59(64)60-29-25-50(36-65(60)71)56-21-13-9-17-45(56)5/h6-38H,1-5H3. The van der Waals surface area contributed by atoms with E-state index in [1.54, 1.807) is 0 Å². The van der Waals surface area contributed by atoms with E-state index in [0.717, 1.165) is 116 Å². The van der Waals surface area contributed by atoms with Crippen molar-refractivity contribution in [3.8, 4) is 79.1 Å². The fourth-order valence-corrected chi connectivity index (χ4v) is 11.1. The molecule has 2 heterocycles. The maximum absolute atomic E-state index is 12.0. The summed E-state index contributed by atoms with van der Waals surface area (Å²) in [7, 11) is 0. The van der Waals surface area contributed by atoms with E-state index in [9.17, 15) is 10.5 Å². The van der Waals surface area contributed by atoms with Gasteiger partial charge < -0.3 is 9.13 Å². The van der Waals surface area contributed by atoms with Crippen molar-refractivity contribution in [2.75, 3.05) is 0 Å². The van der Waals surface area contributed by atoms with Crippen LogP contribution in [-0.2, 0) is 0 Å². The molecular weight excluding hydrogens is 861 g/mol. The first-order valence-electron chi connectivity index (χ1n) is 24.2. The first-order valence-corrected chi connectivity index (χ1v) is 24.2. The zero-order valence-electron chi connectivity index (χ0n) is 40.3. The fraction of sp³-hybridized carbons (Fsp3) is 0.0746. The Kier molecular flexibility index (Phi) is 10.4. The summed E-state index contributed by atoms with van der Waals surface area (Å²) in [5.41, 5.74) is 23.2. The van der Waals surface area contributed by atoms with Crippen molar-refractivity contribution in [3.63, 3.8) is 0 Å². The molecule has 4 heteroatoms. The molecule has 71 heavy (non-hydrogen) atoms. The van der Waals surface area contributed by atoms with Gasteiger partial charge in [-0.15, -0.1) is 0 Å². The molecule has 12 aromatic rings. The zero-order chi connectivity index (χ0) is 48.5. The van der Waals surface area contributed by atoms with Crippen LogP contribution in [0.5, 0.6) is 0 Å². The van der Waals surface area contributed by atoms with Crippen molar-refractivity contribution in [2.45, 2.75) is 34.6 Å². The molecule has 0 unspecified atom stereocenters. The molecule has 0 saturated heterocycles. The van der Waals surface area contributed by atoms with Crippen molar-refractivity contribution in [1.29, 1.82) is 10.5 Å². The molecule has 0 bridgehead atoms. The molecule has 0 N–H and O–H groups in total. The van der Waals surface area contributed by atoms with E-state index in [1.165, 1.54) is 22.3 Å². The molecule has 0 saturated carbocycles. The number of nitriles is 2. The molecule has 0 amide bonds. The molecule has 2 aromatic heterocycles. The summed E-state index contributed by atoms with van der Waals surface area (Å²) < 4.78 is 4.65. The largest absolute Gasteiger partial charge is 0.308 e. The molecule has 0 spiro atoms. The lowest BCUT2D eigenvalue weighted by Crippen LogP contribution is -2.06. The van der Waals surface area contributed by atoms with Gasteiger partial charge in [-0.25, -0.2) is 0 Å². The van der Waals surface area contributed by atoms with Crippen LogP contribution in [0.4, 0.5) is 0 Å². The van der Waals surface area contributed by atoms with E-state index in [0.29, 0.717) is 11.1 Å². The number of fused-ring (bicyclic) bond motifs is 6. The van der Waals surface area contributed by atoms with Crippen LogP contribution < -0.4 is 0 Å². The molecule has 10 aromatic carbocycles. The van der Waals surface area contributed by atoms with Crippen molar-refractivity contribution >= 4 is 43.6 Å². The first-order chi connectivity index (χ1) is 34.7. The Balaban J connectivity index is 1.26. The van der Waals surface area contributed by atoms with Gasteiger partial charge in [0.15, 0.2) is 0 Å². The van der Waals surface area contributed by atoms with Gasteiger partial charge in [0.05, 0.1) is 45.1 Å². The SMILES string of the molecule is Cc1cc(C#N)cc(-c2cc(-n3c4cc(-c5ccccc5C)ccc4c4ccc(-c5ccccc5C)cc43)c(C#N)c(-n3c4cc(-c5ccccc5C)ccc4c4ccc(-c5ccccc5C)cc43)c2)c1. The maximum atomic E-state index is 12.0. The minimum Gasteiger partial charge on any atom is -0.308 e. The third-order valence-electron chi connectivity index (χ3n) is 14.6. The van der Waals surface area contributed by atoms with E-state index in [-0.39, 0.29) is 0 Å². The number of hydrogen-bond acceptors (Lipinski definition) is 2. The molecular formula is C67H48N4. The Labute approximate surface area is 414 Å². The number of nitrogens with zero attached hydrogens (tertiary/aromatic N) is 4. The zero-order valence-corrected chi connectivity index (χ0v) is 40.3. The number of hydrogen-bond donors (Lipinski definition) is 0. The van der Waals surface area contributed by atoms with E-state index in [2.05, 4.69) is 237 Å². The summed E-state index contributed by atoms with van der Waals surface area (Å²) in [6.45, 7) is 10.7. The highest BCUT2D eigenvalue weighted by Gasteiger charge is 2.25. The second kappa shape index (κ2) is 17.1. The monoisotopic (exact) mass is 908 g/mol. The summed E-state index contributed by atoms with van der Waals surface area (Å²) in [6, 6.07) is 76.8. The smallest absolute Gasteiger partial charge is 0.104 e. The second-order valence-corrected chi connectivity index (χ2v) is 19.1. The van der Waals surface area contributed by atoms with E-state index >= 15 is 0 Å². The topological polar surface area (TPSA) is 57.4 Å². The number of benzene rings is 10. The Hall–Kier alpha value is -9.22. The van der Waals surface area contributed by atoms with Gasteiger partial charge in [-0.1, -0.05) is 152 Å². The predicted molar refractivity (Wildman–Crippen MR) is 295 cm³/mol. The van der Waals surface area contributed by atoms with Crippen LogP contribution in [0.1, 0.15) is 38.9 Å². The molecule has 0 atom stereocenters. The molecule has 0 fully saturated rings. The Morgan fingerprint density at radius 1 is 0.310 bits per heavy atom. The third-order valence-corrected chi connectivity index (χ3v) is 14.6. The Bertz CT molecular complexity index is 3820. The summed E-state index contributed by atoms with van der Waals surface area (Å²) >= 11 is 0. The van der Waals surface area contributed by atoms with Gasteiger partial charge in [0.25, 0.3) is 0 Å². The minimum atomic E-state index is 0.532. The number of aromatic nitrogens is 2. The van der Waals surface area contributed by atoms with Gasteiger partial charge in [0.1, 0.15) is 11.6 Å². The number of rotatable bonds is 7. The maximum Gasteiger partial charge on any atom is 0.104 e. The van der Waals surface area contributed by atoms with Gasteiger partial charge in [-0.05, 0) is 167 Å². The van der Waals surface area contributed by atoms with Crippen LogP contribution >= 0.6 is 0 Å².